The SMILES string of the molecule is Cc1cc([C@H](N)CN)ccc1N. The van der Waals surface area contributed by atoms with Crippen LogP contribution < -0.4 is 17.2 Å². The number of nitrogens with two attached hydrogens (primary N) is 3. The molecule has 0 amide bonds. The van der Waals surface area contributed by atoms with Gasteiger partial charge in [0.05, 0.1) is 0 Å². The van der Waals surface area contributed by atoms with Gasteiger partial charge in [0.2, 0.25) is 0 Å². The zero-order chi connectivity index (χ0) is 9.14. The van der Waals surface area contributed by atoms with Gasteiger partial charge in [-0.15, -0.1) is 0 Å². The first kappa shape index (κ1) is 9.03. The first-order valence-electron chi connectivity index (χ1n) is 3.97. The van der Waals surface area contributed by atoms with Crippen molar-refractivity contribution in [2.45, 2.75) is 13.0 Å². The normalized spacial score (nSPS) is 12.9. The van der Waals surface area contributed by atoms with Crippen LogP contribution in [0.1, 0.15) is 17.2 Å². The summed E-state index contributed by atoms with van der Waals surface area (Å²) in [7, 11) is 0. The molecule has 0 heterocycles. The van der Waals surface area contributed by atoms with E-state index in [0.29, 0.717) is 6.54 Å². The molecular formula is C9H15N3. The molecule has 0 aromatic heterocycles. The van der Waals surface area contributed by atoms with Gasteiger partial charge in [-0.3, -0.25) is 0 Å². The Morgan fingerprint density at radius 1 is 1.42 bits per heavy atom. The van der Waals surface area contributed by atoms with E-state index in [-0.39, 0.29) is 6.04 Å². The minimum absolute atomic E-state index is 0.0794. The van der Waals surface area contributed by atoms with E-state index in [9.17, 15) is 0 Å². The molecule has 0 saturated heterocycles. The van der Waals surface area contributed by atoms with Gasteiger partial charge in [0, 0.05) is 18.3 Å². The lowest BCUT2D eigenvalue weighted by Crippen LogP contribution is -2.20. The molecule has 6 N–H and O–H groups in total. The third-order valence-electron chi connectivity index (χ3n) is 1.98. The Bertz CT molecular complexity index is 270. The number of hydrogen-bond donors (Lipinski definition) is 3. The lowest BCUT2D eigenvalue weighted by Gasteiger charge is -2.10. The van der Waals surface area contributed by atoms with Crippen LogP contribution in [0.25, 0.3) is 0 Å². The highest BCUT2D eigenvalue weighted by molar-refractivity contribution is 5.48. The van der Waals surface area contributed by atoms with Crippen molar-refractivity contribution in [3.63, 3.8) is 0 Å². The van der Waals surface area contributed by atoms with Crippen molar-refractivity contribution in [1.29, 1.82) is 0 Å². The maximum absolute atomic E-state index is 5.75. The highest BCUT2D eigenvalue weighted by atomic mass is 14.7. The maximum Gasteiger partial charge on any atom is 0.0419 e. The van der Waals surface area contributed by atoms with Crippen LogP contribution in [0.15, 0.2) is 18.2 Å². The second kappa shape index (κ2) is 3.56. The molecule has 0 aliphatic carbocycles. The van der Waals surface area contributed by atoms with E-state index >= 15 is 0 Å². The number of hydrogen-bond acceptors (Lipinski definition) is 3. The lowest BCUT2D eigenvalue weighted by atomic mass is 10.0. The predicted octanol–water partition coefficient (Wildman–Crippen LogP) is 0.536. The van der Waals surface area contributed by atoms with Crippen LogP contribution in [0.2, 0.25) is 0 Å². The molecule has 0 aliphatic rings. The second-order valence-electron chi connectivity index (χ2n) is 2.96. The third kappa shape index (κ3) is 1.75. The lowest BCUT2D eigenvalue weighted by molar-refractivity contribution is 0.736. The molecule has 3 heteroatoms. The Kier molecular flexibility index (Phi) is 2.68. The topological polar surface area (TPSA) is 78.1 Å². The molecule has 0 bridgehead atoms. The molecule has 66 valence electrons. The highest BCUT2D eigenvalue weighted by Crippen LogP contribution is 2.16. The van der Waals surface area contributed by atoms with Gasteiger partial charge in [0.1, 0.15) is 0 Å². The van der Waals surface area contributed by atoms with E-state index in [0.717, 1.165) is 16.8 Å². The fourth-order valence-corrected chi connectivity index (χ4v) is 1.07. The number of aryl methyl sites for hydroxylation is 1. The Morgan fingerprint density at radius 3 is 2.58 bits per heavy atom. The summed E-state index contributed by atoms with van der Waals surface area (Å²) in [5.74, 6) is 0. The molecule has 1 atom stereocenters. The van der Waals surface area contributed by atoms with Gasteiger partial charge in [0.25, 0.3) is 0 Å². The summed E-state index contributed by atoms with van der Waals surface area (Å²) in [6, 6.07) is 5.68. The number of nitrogen functional groups attached to an aromatic ring is 1. The van der Waals surface area contributed by atoms with Crippen LogP contribution in [-0.4, -0.2) is 6.54 Å². The molecule has 1 aromatic carbocycles. The Morgan fingerprint density at radius 2 is 2.08 bits per heavy atom. The van der Waals surface area contributed by atoms with Gasteiger partial charge >= 0.3 is 0 Å². The largest absolute Gasteiger partial charge is 0.399 e. The summed E-state index contributed by atoms with van der Waals surface area (Å²) in [5.41, 5.74) is 19.7. The number of rotatable bonds is 2. The van der Waals surface area contributed by atoms with Crippen LogP contribution in [-0.2, 0) is 0 Å². The molecule has 0 spiro atoms. The van der Waals surface area contributed by atoms with E-state index in [2.05, 4.69) is 0 Å². The summed E-state index contributed by atoms with van der Waals surface area (Å²) in [5, 5.41) is 0. The molecule has 0 aliphatic heterocycles. The van der Waals surface area contributed by atoms with Gasteiger partial charge in [-0.25, -0.2) is 0 Å². The predicted molar refractivity (Wildman–Crippen MR) is 51.6 cm³/mol. The van der Waals surface area contributed by atoms with Gasteiger partial charge in [-0.2, -0.15) is 0 Å². The Hall–Kier alpha value is -1.06. The maximum atomic E-state index is 5.75. The van der Waals surface area contributed by atoms with E-state index in [1.807, 2.05) is 25.1 Å². The van der Waals surface area contributed by atoms with Gasteiger partial charge in [-0.1, -0.05) is 12.1 Å². The molecule has 0 fully saturated rings. The van der Waals surface area contributed by atoms with Crippen LogP contribution >= 0.6 is 0 Å². The molecule has 1 aromatic rings. The zero-order valence-corrected chi connectivity index (χ0v) is 7.25. The monoisotopic (exact) mass is 165 g/mol. The quantitative estimate of drug-likeness (QED) is 0.559. The smallest absolute Gasteiger partial charge is 0.0419 e. The first-order chi connectivity index (χ1) is 5.65. The minimum Gasteiger partial charge on any atom is -0.399 e. The van der Waals surface area contributed by atoms with Crippen molar-refractivity contribution in [2.24, 2.45) is 11.5 Å². The minimum atomic E-state index is -0.0794. The van der Waals surface area contributed by atoms with Crippen LogP contribution in [0.5, 0.6) is 0 Å². The summed E-state index contributed by atoms with van der Waals surface area (Å²) < 4.78 is 0. The molecular weight excluding hydrogens is 150 g/mol. The van der Waals surface area contributed by atoms with Gasteiger partial charge < -0.3 is 17.2 Å². The summed E-state index contributed by atoms with van der Waals surface area (Å²) >= 11 is 0. The molecule has 0 unspecified atom stereocenters. The van der Waals surface area contributed by atoms with Crippen molar-refractivity contribution in [1.82, 2.24) is 0 Å². The van der Waals surface area contributed by atoms with E-state index in [1.165, 1.54) is 0 Å². The molecule has 12 heavy (non-hydrogen) atoms. The average Bonchev–Trinajstić information content (AvgIpc) is 2.08. The summed E-state index contributed by atoms with van der Waals surface area (Å²) in [6.07, 6.45) is 0. The first-order valence-corrected chi connectivity index (χ1v) is 3.97. The molecule has 0 radical (unpaired) electrons. The standard InChI is InChI=1S/C9H15N3/c1-6-4-7(9(12)5-10)2-3-8(6)11/h2-4,9H,5,10-12H2,1H3/t9-/m1/s1. The van der Waals surface area contributed by atoms with E-state index in [4.69, 9.17) is 17.2 Å². The zero-order valence-electron chi connectivity index (χ0n) is 7.25. The molecule has 0 saturated carbocycles. The van der Waals surface area contributed by atoms with Crippen LogP contribution in [0.4, 0.5) is 5.69 Å². The second-order valence-corrected chi connectivity index (χ2v) is 2.96. The van der Waals surface area contributed by atoms with E-state index < -0.39 is 0 Å². The number of benzene rings is 1. The fraction of sp³-hybridized carbons (Fsp3) is 0.333. The third-order valence-corrected chi connectivity index (χ3v) is 1.98. The van der Waals surface area contributed by atoms with Crippen molar-refractivity contribution in [3.05, 3.63) is 29.3 Å². The molecule has 3 nitrogen and oxygen atoms in total. The van der Waals surface area contributed by atoms with E-state index in [1.54, 1.807) is 0 Å². The van der Waals surface area contributed by atoms with Crippen molar-refractivity contribution in [3.8, 4) is 0 Å². The average molecular weight is 165 g/mol. The van der Waals surface area contributed by atoms with Crippen LogP contribution in [0, 0.1) is 6.92 Å². The van der Waals surface area contributed by atoms with Gasteiger partial charge in [-0.05, 0) is 24.1 Å². The van der Waals surface area contributed by atoms with Gasteiger partial charge in [0.15, 0.2) is 0 Å². The van der Waals surface area contributed by atoms with Crippen molar-refractivity contribution >= 4 is 5.69 Å². The van der Waals surface area contributed by atoms with Crippen LogP contribution in [0.3, 0.4) is 0 Å². The van der Waals surface area contributed by atoms with Crippen molar-refractivity contribution < 1.29 is 0 Å². The Balaban J connectivity index is 2.96. The summed E-state index contributed by atoms with van der Waals surface area (Å²) in [4.78, 5) is 0. The summed E-state index contributed by atoms with van der Waals surface area (Å²) in [6.45, 7) is 2.42. The Labute approximate surface area is 72.5 Å². The van der Waals surface area contributed by atoms with Crippen molar-refractivity contribution in [2.75, 3.05) is 12.3 Å². The highest BCUT2D eigenvalue weighted by Gasteiger charge is 2.03. The fourth-order valence-electron chi connectivity index (χ4n) is 1.07. The molecule has 1 rings (SSSR count). The number of anilines is 1.